The third-order valence-corrected chi connectivity index (χ3v) is 8.99. The van der Waals surface area contributed by atoms with Gasteiger partial charge >= 0.3 is 0 Å². The molecule has 34 heavy (non-hydrogen) atoms. The Hall–Kier alpha value is -0.910. The van der Waals surface area contributed by atoms with Crippen LogP contribution in [0.15, 0.2) is 0 Å². The number of primary amides is 1. The van der Waals surface area contributed by atoms with E-state index in [-0.39, 0.29) is 36.2 Å². The van der Waals surface area contributed by atoms with Crippen molar-refractivity contribution in [3.63, 3.8) is 0 Å². The number of amides is 1. The van der Waals surface area contributed by atoms with E-state index in [1.54, 1.807) is 0 Å². The third-order valence-electron chi connectivity index (χ3n) is 8.99. The molecule has 5 rings (SSSR count). The van der Waals surface area contributed by atoms with Crippen molar-refractivity contribution in [1.82, 2.24) is 25.9 Å². The third kappa shape index (κ3) is 5.57. The molecule has 1 aliphatic carbocycles. The van der Waals surface area contributed by atoms with Gasteiger partial charge < -0.3 is 11.1 Å². The molecule has 5 aliphatic rings. The monoisotopic (exact) mass is 484 g/mol. The van der Waals surface area contributed by atoms with Crippen LogP contribution in [0.2, 0.25) is 0 Å². The minimum absolute atomic E-state index is 0.0140. The number of nitrogens with zero attached hydrogens (tertiary/aromatic N) is 2. The number of hydrogen-bond donors (Lipinski definition) is 4. The van der Waals surface area contributed by atoms with E-state index in [4.69, 9.17) is 10.6 Å². The summed E-state index contributed by atoms with van der Waals surface area (Å²) < 4.78 is 27.5. The van der Waals surface area contributed by atoms with Gasteiger partial charge in [0, 0.05) is 25.6 Å². The number of carbonyl (C=O) groups excluding carboxylic acids is 1. The summed E-state index contributed by atoms with van der Waals surface area (Å²) >= 11 is 0. The number of nitrogens with one attached hydrogen (secondary N) is 3. The molecule has 1 amide bonds. The molecule has 5 N–H and O–H groups in total. The Morgan fingerprint density at radius 1 is 1.00 bits per heavy atom. The average Bonchev–Trinajstić information content (AvgIpc) is 3.51. The first-order valence-electron chi connectivity index (χ1n) is 13.4. The molecule has 8 unspecified atom stereocenters. The van der Waals surface area contributed by atoms with Crippen LogP contribution < -0.4 is 21.8 Å². The molecule has 8 nitrogen and oxygen atoms in total. The fourth-order valence-corrected chi connectivity index (χ4v) is 6.89. The molecule has 5 fully saturated rings. The standard InChI is InChI=1S/C24H42F2N6O2/c25-18-4-3-15(12-19(18)26)14-32-9-1-2-20(32)24-29-23(30-34-24)17-5-8-28-21(13-17)31-10-6-16(7-11-31)22(27)33/h15-21,23-24,28-30H,1-14H2,(H2,27,33). The Balaban J connectivity index is 1.11. The number of alkyl halides is 2. The summed E-state index contributed by atoms with van der Waals surface area (Å²) in [7, 11) is 0. The topological polar surface area (TPSA) is 94.9 Å². The Kier molecular flexibility index (Phi) is 8.02. The predicted octanol–water partition coefficient (Wildman–Crippen LogP) is 1.23. The van der Waals surface area contributed by atoms with Gasteiger partial charge in [0.15, 0.2) is 0 Å². The van der Waals surface area contributed by atoms with Gasteiger partial charge in [-0.05, 0) is 82.7 Å². The smallest absolute Gasteiger partial charge is 0.220 e. The maximum absolute atomic E-state index is 13.9. The number of rotatable bonds is 6. The molecule has 8 atom stereocenters. The molecule has 0 spiro atoms. The Morgan fingerprint density at radius 2 is 1.82 bits per heavy atom. The fourth-order valence-electron chi connectivity index (χ4n) is 6.89. The largest absolute Gasteiger partial charge is 0.369 e. The molecule has 0 bridgehead atoms. The van der Waals surface area contributed by atoms with Gasteiger partial charge in [-0.1, -0.05) is 0 Å². The summed E-state index contributed by atoms with van der Waals surface area (Å²) in [5, 5.41) is 7.37. The van der Waals surface area contributed by atoms with Crippen molar-refractivity contribution in [2.45, 2.75) is 94.7 Å². The van der Waals surface area contributed by atoms with E-state index < -0.39 is 12.3 Å². The van der Waals surface area contributed by atoms with Gasteiger partial charge in [-0.2, -0.15) is 5.48 Å². The second-order valence-electron chi connectivity index (χ2n) is 11.2. The predicted molar refractivity (Wildman–Crippen MR) is 125 cm³/mol. The lowest BCUT2D eigenvalue weighted by Crippen LogP contribution is -2.57. The molecule has 194 valence electrons. The molecule has 4 aliphatic heterocycles. The van der Waals surface area contributed by atoms with Crippen LogP contribution in [0.25, 0.3) is 0 Å². The highest BCUT2D eigenvalue weighted by Gasteiger charge is 2.42. The molecule has 1 saturated carbocycles. The van der Waals surface area contributed by atoms with Crippen molar-refractivity contribution >= 4 is 5.91 Å². The van der Waals surface area contributed by atoms with Crippen LogP contribution in [-0.4, -0.2) is 85.4 Å². The van der Waals surface area contributed by atoms with Crippen molar-refractivity contribution < 1.29 is 18.4 Å². The van der Waals surface area contributed by atoms with Gasteiger partial charge in [0.2, 0.25) is 5.91 Å². The normalized spacial score (nSPS) is 43.4. The van der Waals surface area contributed by atoms with Crippen molar-refractivity contribution in [1.29, 1.82) is 0 Å². The Labute approximate surface area is 201 Å². The van der Waals surface area contributed by atoms with E-state index in [1.807, 2.05) is 0 Å². The van der Waals surface area contributed by atoms with E-state index in [0.29, 0.717) is 24.9 Å². The number of hydrogen-bond acceptors (Lipinski definition) is 7. The minimum Gasteiger partial charge on any atom is -0.369 e. The molecule has 0 aromatic heterocycles. The summed E-state index contributed by atoms with van der Waals surface area (Å²) in [4.78, 5) is 22.4. The number of likely N-dealkylation sites (tertiary alicyclic amines) is 2. The molecule has 0 aromatic rings. The van der Waals surface area contributed by atoms with Gasteiger partial charge in [-0.25, -0.2) is 8.78 Å². The lowest BCUT2D eigenvalue weighted by Gasteiger charge is -2.42. The zero-order valence-corrected chi connectivity index (χ0v) is 20.1. The number of hydroxylamine groups is 1. The molecule has 10 heteroatoms. The van der Waals surface area contributed by atoms with Crippen LogP contribution in [0.5, 0.6) is 0 Å². The summed E-state index contributed by atoms with van der Waals surface area (Å²) in [6.45, 7) is 4.61. The van der Waals surface area contributed by atoms with Crippen molar-refractivity contribution in [3.8, 4) is 0 Å². The highest BCUT2D eigenvalue weighted by molar-refractivity contribution is 5.76. The highest BCUT2D eigenvalue weighted by Crippen LogP contribution is 2.33. The van der Waals surface area contributed by atoms with Crippen LogP contribution >= 0.6 is 0 Å². The summed E-state index contributed by atoms with van der Waals surface area (Å²) in [6.07, 6.45) is 5.21. The van der Waals surface area contributed by atoms with Gasteiger partial charge in [0.1, 0.15) is 18.6 Å². The maximum Gasteiger partial charge on any atom is 0.220 e. The lowest BCUT2D eigenvalue weighted by molar-refractivity contribution is -0.123. The molecular weight excluding hydrogens is 442 g/mol. The summed E-state index contributed by atoms with van der Waals surface area (Å²) in [5.41, 5.74) is 8.78. The molecular formula is C24H42F2N6O2. The van der Waals surface area contributed by atoms with E-state index in [0.717, 1.165) is 77.7 Å². The van der Waals surface area contributed by atoms with Gasteiger partial charge in [-0.3, -0.25) is 24.7 Å². The number of carbonyl (C=O) groups is 1. The molecule has 0 radical (unpaired) electrons. The maximum atomic E-state index is 13.9. The van der Waals surface area contributed by atoms with E-state index in [9.17, 15) is 13.6 Å². The fraction of sp³-hybridized carbons (Fsp3) is 0.958. The first-order chi connectivity index (χ1) is 16.5. The molecule has 4 heterocycles. The first kappa shape index (κ1) is 24.8. The van der Waals surface area contributed by atoms with Gasteiger partial charge in [0.25, 0.3) is 0 Å². The van der Waals surface area contributed by atoms with Crippen molar-refractivity contribution in [2.75, 3.05) is 32.7 Å². The zero-order valence-electron chi connectivity index (χ0n) is 20.1. The average molecular weight is 485 g/mol. The quantitative estimate of drug-likeness (QED) is 0.451. The number of piperidine rings is 2. The highest BCUT2D eigenvalue weighted by atomic mass is 19.2. The van der Waals surface area contributed by atoms with Crippen LogP contribution in [0, 0.1) is 17.8 Å². The first-order valence-corrected chi connectivity index (χ1v) is 13.4. The zero-order chi connectivity index (χ0) is 23.7. The van der Waals surface area contributed by atoms with Crippen LogP contribution in [0.4, 0.5) is 8.78 Å². The van der Waals surface area contributed by atoms with Gasteiger partial charge in [0.05, 0.1) is 18.4 Å². The van der Waals surface area contributed by atoms with E-state index >= 15 is 0 Å². The number of nitrogens with two attached hydrogens (primary N) is 1. The van der Waals surface area contributed by atoms with Crippen LogP contribution in [0.3, 0.4) is 0 Å². The van der Waals surface area contributed by atoms with Crippen molar-refractivity contribution in [3.05, 3.63) is 0 Å². The number of halogens is 2. The second kappa shape index (κ2) is 11.0. The summed E-state index contributed by atoms with van der Waals surface area (Å²) in [5.74, 6) is 0.529. The Morgan fingerprint density at radius 3 is 2.59 bits per heavy atom. The second-order valence-corrected chi connectivity index (χ2v) is 11.2. The van der Waals surface area contributed by atoms with Crippen LogP contribution in [-0.2, 0) is 9.63 Å². The minimum atomic E-state index is -1.30. The SMILES string of the molecule is NC(=O)C1CCN(C2CC(C3NOC(C4CCCN4CC4CCC(F)C(F)C4)N3)CCN2)CC1. The van der Waals surface area contributed by atoms with Crippen LogP contribution in [0.1, 0.15) is 57.8 Å². The molecule has 0 aromatic carbocycles. The summed E-state index contributed by atoms with van der Waals surface area (Å²) in [6, 6.07) is 0.268. The lowest BCUT2D eigenvalue weighted by atomic mass is 9.86. The van der Waals surface area contributed by atoms with E-state index in [2.05, 4.69) is 25.9 Å². The van der Waals surface area contributed by atoms with Crippen molar-refractivity contribution in [2.24, 2.45) is 23.5 Å². The Bertz CT molecular complexity index is 696. The van der Waals surface area contributed by atoms with Gasteiger partial charge in [-0.15, -0.1) is 0 Å². The molecule has 4 saturated heterocycles. The van der Waals surface area contributed by atoms with E-state index in [1.165, 1.54) is 0 Å².